The van der Waals surface area contributed by atoms with Crippen molar-refractivity contribution in [3.05, 3.63) is 21.6 Å². The summed E-state index contributed by atoms with van der Waals surface area (Å²) in [5.41, 5.74) is 1.23. The van der Waals surface area contributed by atoms with Crippen molar-refractivity contribution >= 4 is 11.3 Å². The molecule has 3 rings (SSSR count). The van der Waals surface area contributed by atoms with Gasteiger partial charge in [0.1, 0.15) is 0 Å². The minimum Gasteiger partial charge on any atom is -0.379 e. The summed E-state index contributed by atoms with van der Waals surface area (Å²) in [4.78, 5) is 6.15. The van der Waals surface area contributed by atoms with E-state index in [-0.39, 0.29) is 5.13 Å². The standard InChI is InChI=1S/C18H29FN2O2S/c19-18-15-16(3-1-5-20-7-11-22-12-8-20)17(24-18)4-2-6-21-9-13-23-14-10-21/h15H,1-14H2. The average molecular weight is 357 g/mol. The highest BCUT2D eigenvalue weighted by Gasteiger charge is 2.14. The molecule has 24 heavy (non-hydrogen) atoms. The van der Waals surface area contributed by atoms with Crippen LogP contribution in [-0.4, -0.2) is 75.5 Å². The van der Waals surface area contributed by atoms with Crippen LogP contribution in [0.4, 0.5) is 4.39 Å². The highest BCUT2D eigenvalue weighted by Crippen LogP contribution is 2.24. The molecule has 6 heteroatoms. The van der Waals surface area contributed by atoms with Crippen molar-refractivity contribution in [2.45, 2.75) is 25.7 Å². The van der Waals surface area contributed by atoms with Crippen molar-refractivity contribution in [3.63, 3.8) is 0 Å². The maximum Gasteiger partial charge on any atom is 0.176 e. The van der Waals surface area contributed by atoms with Gasteiger partial charge in [0.05, 0.1) is 26.4 Å². The molecule has 0 saturated carbocycles. The van der Waals surface area contributed by atoms with Gasteiger partial charge in [0.2, 0.25) is 0 Å². The number of thiophene rings is 1. The van der Waals surface area contributed by atoms with E-state index in [1.807, 2.05) is 0 Å². The van der Waals surface area contributed by atoms with Gasteiger partial charge in [-0.1, -0.05) is 0 Å². The van der Waals surface area contributed by atoms with E-state index < -0.39 is 0 Å². The number of hydrogen-bond donors (Lipinski definition) is 0. The SMILES string of the molecule is Fc1cc(CCCN2CCOCC2)c(CCCN2CCOCC2)s1. The molecule has 136 valence electrons. The molecule has 0 unspecified atom stereocenters. The van der Waals surface area contributed by atoms with Gasteiger partial charge in [-0.25, -0.2) is 0 Å². The first-order valence-electron chi connectivity index (χ1n) is 9.18. The molecule has 2 aliphatic heterocycles. The second-order valence-electron chi connectivity index (χ2n) is 6.61. The zero-order valence-electron chi connectivity index (χ0n) is 14.5. The lowest BCUT2D eigenvalue weighted by Crippen LogP contribution is -2.37. The molecule has 0 N–H and O–H groups in total. The third-order valence-electron chi connectivity index (χ3n) is 4.87. The molecule has 0 aliphatic carbocycles. The number of rotatable bonds is 8. The van der Waals surface area contributed by atoms with Crippen molar-refractivity contribution in [2.75, 3.05) is 65.7 Å². The lowest BCUT2D eigenvalue weighted by molar-refractivity contribution is 0.0373. The van der Waals surface area contributed by atoms with Gasteiger partial charge in [0.25, 0.3) is 0 Å². The van der Waals surface area contributed by atoms with Gasteiger partial charge in [0.15, 0.2) is 5.13 Å². The normalized spacial score (nSPS) is 20.5. The predicted octanol–water partition coefficient (Wildman–Crippen LogP) is 2.42. The van der Waals surface area contributed by atoms with Crippen LogP contribution in [0.25, 0.3) is 0 Å². The number of morpholine rings is 2. The quantitative estimate of drug-likeness (QED) is 0.714. The zero-order chi connectivity index (χ0) is 16.6. The number of nitrogens with zero attached hydrogens (tertiary/aromatic N) is 2. The van der Waals surface area contributed by atoms with Crippen molar-refractivity contribution < 1.29 is 13.9 Å². The van der Waals surface area contributed by atoms with E-state index in [9.17, 15) is 4.39 Å². The Hall–Kier alpha value is -0.530. The predicted molar refractivity (Wildman–Crippen MR) is 95.4 cm³/mol. The Balaban J connectivity index is 1.40. The number of ether oxygens (including phenoxy) is 2. The molecule has 4 nitrogen and oxygen atoms in total. The summed E-state index contributed by atoms with van der Waals surface area (Å²) in [5.74, 6) is 0. The molecule has 0 radical (unpaired) electrons. The Labute approximate surface area is 148 Å². The van der Waals surface area contributed by atoms with Crippen LogP contribution >= 0.6 is 11.3 Å². The van der Waals surface area contributed by atoms with Crippen molar-refractivity contribution in [1.29, 1.82) is 0 Å². The van der Waals surface area contributed by atoms with Crippen LogP contribution in [0, 0.1) is 5.13 Å². The molecule has 0 spiro atoms. The summed E-state index contributed by atoms with van der Waals surface area (Å²) in [6, 6.07) is 1.76. The van der Waals surface area contributed by atoms with Crippen LogP contribution in [0.1, 0.15) is 23.3 Å². The summed E-state index contributed by atoms with van der Waals surface area (Å²) in [6.45, 7) is 9.70. The van der Waals surface area contributed by atoms with E-state index >= 15 is 0 Å². The summed E-state index contributed by atoms with van der Waals surface area (Å²) in [7, 11) is 0. The van der Waals surface area contributed by atoms with Gasteiger partial charge in [-0.3, -0.25) is 9.80 Å². The van der Waals surface area contributed by atoms with Crippen molar-refractivity contribution in [3.8, 4) is 0 Å². The maximum atomic E-state index is 13.7. The van der Waals surface area contributed by atoms with Gasteiger partial charge in [-0.15, -0.1) is 11.3 Å². The highest BCUT2D eigenvalue weighted by molar-refractivity contribution is 7.10. The maximum absolute atomic E-state index is 13.7. The van der Waals surface area contributed by atoms with Gasteiger partial charge in [0, 0.05) is 31.1 Å². The number of aryl methyl sites for hydroxylation is 2. The van der Waals surface area contributed by atoms with Gasteiger partial charge >= 0.3 is 0 Å². The van der Waals surface area contributed by atoms with E-state index in [2.05, 4.69) is 9.80 Å². The van der Waals surface area contributed by atoms with Crippen LogP contribution in [-0.2, 0) is 22.3 Å². The molecule has 0 amide bonds. The van der Waals surface area contributed by atoms with Crippen LogP contribution < -0.4 is 0 Å². The van der Waals surface area contributed by atoms with Crippen LogP contribution in [0.3, 0.4) is 0 Å². The second kappa shape index (κ2) is 9.82. The fourth-order valence-corrected chi connectivity index (χ4v) is 4.43. The van der Waals surface area contributed by atoms with E-state index in [4.69, 9.17) is 9.47 Å². The number of hydrogen-bond acceptors (Lipinski definition) is 5. The lowest BCUT2D eigenvalue weighted by atomic mass is 10.1. The summed E-state index contributed by atoms with van der Waals surface area (Å²) in [6.07, 6.45) is 4.20. The first-order chi connectivity index (χ1) is 11.8. The van der Waals surface area contributed by atoms with Crippen molar-refractivity contribution in [1.82, 2.24) is 9.80 Å². The summed E-state index contributed by atoms with van der Waals surface area (Å²) >= 11 is 1.34. The minimum atomic E-state index is -0.0299. The molecular weight excluding hydrogens is 327 g/mol. The van der Waals surface area contributed by atoms with Gasteiger partial charge in [-0.2, -0.15) is 4.39 Å². The molecule has 3 heterocycles. The third kappa shape index (κ3) is 5.77. The van der Waals surface area contributed by atoms with Crippen LogP contribution in [0.2, 0.25) is 0 Å². The van der Waals surface area contributed by atoms with Crippen molar-refractivity contribution in [2.24, 2.45) is 0 Å². The largest absolute Gasteiger partial charge is 0.379 e. The molecule has 2 aliphatic rings. The number of halogens is 1. The Morgan fingerprint density at radius 3 is 2.00 bits per heavy atom. The molecule has 1 aromatic rings. The Bertz CT molecular complexity index is 444. The molecular formula is C18H29FN2O2S. The van der Waals surface area contributed by atoms with E-state index in [1.54, 1.807) is 6.07 Å². The topological polar surface area (TPSA) is 24.9 Å². The summed E-state index contributed by atoms with van der Waals surface area (Å²) in [5, 5.41) is -0.0299. The monoisotopic (exact) mass is 356 g/mol. The fourth-order valence-electron chi connectivity index (χ4n) is 3.46. The Kier molecular flexibility index (Phi) is 7.48. The highest BCUT2D eigenvalue weighted by atomic mass is 32.1. The molecule has 0 atom stereocenters. The Morgan fingerprint density at radius 1 is 0.875 bits per heavy atom. The minimum absolute atomic E-state index is 0.0299. The molecule has 2 saturated heterocycles. The third-order valence-corrected chi connectivity index (χ3v) is 5.90. The van der Waals surface area contributed by atoms with E-state index in [0.717, 1.165) is 91.4 Å². The Morgan fingerprint density at radius 2 is 1.42 bits per heavy atom. The fraction of sp³-hybridized carbons (Fsp3) is 0.778. The van der Waals surface area contributed by atoms with E-state index in [0.29, 0.717) is 0 Å². The van der Waals surface area contributed by atoms with E-state index in [1.165, 1.54) is 21.8 Å². The van der Waals surface area contributed by atoms with Gasteiger partial charge in [-0.05, 0) is 50.4 Å². The van der Waals surface area contributed by atoms with Gasteiger partial charge < -0.3 is 9.47 Å². The second-order valence-corrected chi connectivity index (χ2v) is 7.70. The zero-order valence-corrected chi connectivity index (χ0v) is 15.3. The molecule has 2 fully saturated rings. The molecule has 0 bridgehead atoms. The lowest BCUT2D eigenvalue weighted by Gasteiger charge is -2.26. The molecule has 1 aromatic heterocycles. The first-order valence-corrected chi connectivity index (χ1v) is 10.0. The summed E-state index contributed by atoms with van der Waals surface area (Å²) < 4.78 is 24.5. The average Bonchev–Trinajstić information content (AvgIpc) is 2.96. The molecule has 0 aromatic carbocycles. The first kappa shape index (κ1) is 18.3. The van der Waals surface area contributed by atoms with Crippen LogP contribution in [0.5, 0.6) is 0 Å². The van der Waals surface area contributed by atoms with Crippen LogP contribution in [0.15, 0.2) is 6.07 Å². The smallest absolute Gasteiger partial charge is 0.176 e.